The minimum atomic E-state index is 0.512. The van der Waals surface area contributed by atoms with Crippen LogP contribution in [0.15, 0.2) is 31.1 Å². The average molecular weight is 221 g/mol. The second kappa shape index (κ2) is 6.98. The Hall–Kier alpha value is -1.39. The Balaban J connectivity index is 2.85. The summed E-state index contributed by atoms with van der Waals surface area (Å²) in [5, 5.41) is 0. The first-order chi connectivity index (χ1) is 7.83. The summed E-state index contributed by atoms with van der Waals surface area (Å²) in [5.41, 5.74) is 7.85. The molecular weight excluding hydrogens is 202 g/mol. The van der Waals surface area contributed by atoms with E-state index in [0.717, 1.165) is 24.3 Å². The van der Waals surface area contributed by atoms with E-state index in [2.05, 4.69) is 16.5 Å². The molecule has 0 fully saturated rings. The summed E-state index contributed by atoms with van der Waals surface area (Å²) in [7, 11) is 1.69. The van der Waals surface area contributed by atoms with Crippen LogP contribution in [-0.2, 0) is 11.3 Å². The van der Waals surface area contributed by atoms with Crippen LogP contribution in [0.2, 0.25) is 0 Å². The maximum Gasteiger partial charge on any atom is 0.0637 e. The highest BCUT2D eigenvalue weighted by Crippen LogP contribution is 2.18. The molecule has 88 valence electrons. The van der Waals surface area contributed by atoms with E-state index in [1.54, 1.807) is 13.3 Å². The van der Waals surface area contributed by atoms with E-state index in [9.17, 15) is 0 Å². The number of methoxy groups -OCH3 is 1. The fourth-order valence-electron chi connectivity index (χ4n) is 1.54. The van der Waals surface area contributed by atoms with Gasteiger partial charge in [-0.3, -0.25) is 4.98 Å². The van der Waals surface area contributed by atoms with Crippen molar-refractivity contribution in [2.75, 3.05) is 31.7 Å². The van der Waals surface area contributed by atoms with E-state index in [4.69, 9.17) is 10.5 Å². The molecule has 1 aromatic heterocycles. The summed E-state index contributed by atoms with van der Waals surface area (Å²) in [6.07, 6.45) is 5.46. The Morgan fingerprint density at radius 1 is 1.62 bits per heavy atom. The third-order valence-electron chi connectivity index (χ3n) is 2.36. The lowest BCUT2D eigenvalue weighted by Crippen LogP contribution is -2.28. The Labute approximate surface area is 96.7 Å². The van der Waals surface area contributed by atoms with Crippen molar-refractivity contribution in [3.63, 3.8) is 0 Å². The Kier molecular flexibility index (Phi) is 5.53. The molecule has 0 aromatic carbocycles. The lowest BCUT2D eigenvalue weighted by Gasteiger charge is -2.24. The normalized spacial score (nSPS) is 10.1. The average Bonchev–Trinajstić information content (AvgIpc) is 2.34. The van der Waals surface area contributed by atoms with Gasteiger partial charge >= 0.3 is 0 Å². The van der Waals surface area contributed by atoms with E-state index in [0.29, 0.717) is 13.2 Å². The summed E-state index contributed by atoms with van der Waals surface area (Å²) in [6, 6.07) is 1.94. The molecule has 0 saturated heterocycles. The van der Waals surface area contributed by atoms with Crippen molar-refractivity contribution >= 4 is 5.69 Å². The van der Waals surface area contributed by atoms with Crippen molar-refractivity contribution in [3.05, 3.63) is 36.7 Å². The third kappa shape index (κ3) is 3.32. The van der Waals surface area contributed by atoms with E-state index in [1.807, 2.05) is 18.3 Å². The molecular formula is C12H19N3O. The van der Waals surface area contributed by atoms with Crippen LogP contribution in [-0.4, -0.2) is 31.8 Å². The van der Waals surface area contributed by atoms with Crippen molar-refractivity contribution in [3.8, 4) is 0 Å². The molecule has 0 atom stereocenters. The Bertz CT molecular complexity index is 328. The van der Waals surface area contributed by atoms with Gasteiger partial charge in [0.15, 0.2) is 0 Å². The van der Waals surface area contributed by atoms with Crippen molar-refractivity contribution < 1.29 is 4.74 Å². The molecule has 0 amide bonds. The molecule has 2 N–H and O–H groups in total. The summed E-state index contributed by atoms with van der Waals surface area (Å²) in [5.74, 6) is 0. The minimum Gasteiger partial charge on any atom is -0.383 e. The molecule has 16 heavy (non-hydrogen) atoms. The van der Waals surface area contributed by atoms with Crippen LogP contribution in [0.4, 0.5) is 5.69 Å². The van der Waals surface area contributed by atoms with Gasteiger partial charge in [0.1, 0.15) is 0 Å². The van der Waals surface area contributed by atoms with Crippen LogP contribution in [0.5, 0.6) is 0 Å². The summed E-state index contributed by atoms with van der Waals surface area (Å²) < 4.78 is 5.09. The standard InChI is InChI=1S/C12H19N3O/c1-3-6-15(7-8-16-2)12-10-14-5-4-11(12)9-13/h3-5,10H,1,6-9,13H2,2H3. The minimum absolute atomic E-state index is 0.512. The van der Waals surface area contributed by atoms with Gasteiger partial charge in [0.2, 0.25) is 0 Å². The molecule has 1 heterocycles. The van der Waals surface area contributed by atoms with Gasteiger partial charge in [-0.15, -0.1) is 6.58 Å². The summed E-state index contributed by atoms with van der Waals surface area (Å²) >= 11 is 0. The topological polar surface area (TPSA) is 51.4 Å². The van der Waals surface area contributed by atoms with Crippen LogP contribution < -0.4 is 10.6 Å². The largest absolute Gasteiger partial charge is 0.383 e. The van der Waals surface area contributed by atoms with Crippen LogP contribution >= 0.6 is 0 Å². The van der Waals surface area contributed by atoms with Crippen molar-refractivity contribution in [2.45, 2.75) is 6.54 Å². The molecule has 0 aliphatic carbocycles. The van der Waals surface area contributed by atoms with Gasteiger partial charge in [-0.05, 0) is 11.6 Å². The van der Waals surface area contributed by atoms with Gasteiger partial charge in [0.05, 0.1) is 18.5 Å². The molecule has 4 nitrogen and oxygen atoms in total. The van der Waals surface area contributed by atoms with Crippen molar-refractivity contribution in [1.82, 2.24) is 4.98 Å². The molecule has 1 rings (SSSR count). The van der Waals surface area contributed by atoms with Crippen LogP contribution in [0.3, 0.4) is 0 Å². The molecule has 0 aliphatic rings. The van der Waals surface area contributed by atoms with E-state index < -0.39 is 0 Å². The Morgan fingerprint density at radius 3 is 3.06 bits per heavy atom. The maximum absolute atomic E-state index is 5.70. The van der Waals surface area contributed by atoms with Gasteiger partial charge in [0, 0.05) is 32.9 Å². The number of hydrogen-bond acceptors (Lipinski definition) is 4. The predicted molar refractivity (Wildman–Crippen MR) is 66.4 cm³/mol. The second-order valence-corrected chi connectivity index (χ2v) is 3.44. The lowest BCUT2D eigenvalue weighted by atomic mass is 10.2. The van der Waals surface area contributed by atoms with Gasteiger partial charge in [-0.1, -0.05) is 6.08 Å². The highest BCUT2D eigenvalue weighted by molar-refractivity contribution is 5.52. The smallest absolute Gasteiger partial charge is 0.0637 e. The number of rotatable bonds is 7. The Morgan fingerprint density at radius 2 is 2.44 bits per heavy atom. The monoisotopic (exact) mass is 221 g/mol. The van der Waals surface area contributed by atoms with Crippen LogP contribution in [0.25, 0.3) is 0 Å². The lowest BCUT2D eigenvalue weighted by molar-refractivity contribution is 0.205. The zero-order valence-corrected chi connectivity index (χ0v) is 9.72. The first kappa shape index (κ1) is 12.7. The number of ether oxygens (including phenoxy) is 1. The highest BCUT2D eigenvalue weighted by Gasteiger charge is 2.08. The highest BCUT2D eigenvalue weighted by atomic mass is 16.5. The number of pyridine rings is 1. The number of nitrogens with two attached hydrogens (primary N) is 1. The molecule has 0 spiro atoms. The van der Waals surface area contributed by atoms with Gasteiger partial charge in [-0.25, -0.2) is 0 Å². The predicted octanol–water partition coefficient (Wildman–Crippen LogP) is 1.18. The molecule has 0 radical (unpaired) electrons. The molecule has 0 saturated carbocycles. The van der Waals surface area contributed by atoms with E-state index >= 15 is 0 Å². The van der Waals surface area contributed by atoms with Gasteiger partial charge < -0.3 is 15.4 Å². The second-order valence-electron chi connectivity index (χ2n) is 3.44. The molecule has 0 bridgehead atoms. The third-order valence-corrected chi connectivity index (χ3v) is 2.36. The van der Waals surface area contributed by atoms with Gasteiger partial charge in [-0.2, -0.15) is 0 Å². The van der Waals surface area contributed by atoms with Crippen molar-refractivity contribution in [1.29, 1.82) is 0 Å². The van der Waals surface area contributed by atoms with E-state index in [1.165, 1.54) is 0 Å². The maximum atomic E-state index is 5.70. The summed E-state index contributed by atoms with van der Waals surface area (Å²) in [4.78, 5) is 6.29. The SMILES string of the molecule is C=CCN(CCOC)c1cnccc1CN. The number of hydrogen-bond donors (Lipinski definition) is 1. The number of nitrogens with zero attached hydrogens (tertiary/aromatic N) is 2. The number of aromatic nitrogens is 1. The zero-order valence-electron chi connectivity index (χ0n) is 9.72. The van der Waals surface area contributed by atoms with Crippen LogP contribution in [0.1, 0.15) is 5.56 Å². The number of anilines is 1. The molecule has 1 aromatic rings. The van der Waals surface area contributed by atoms with Crippen LogP contribution in [0, 0.1) is 0 Å². The fraction of sp³-hybridized carbons (Fsp3) is 0.417. The fourth-order valence-corrected chi connectivity index (χ4v) is 1.54. The zero-order chi connectivity index (χ0) is 11.8. The van der Waals surface area contributed by atoms with Gasteiger partial charge in [0.25, 0.3) is 0 Å². The van der Waals surface area contributed by atoms with Crippen molar-refractivity contribution in [2.24, 2.45) is 5.73 Å². The molecule has 4 heteroatoms. The first-order valence-electron chi connectivity index (χ1n) is 5.31. The van der Waals surface area contributed by atoms with E-state index in [-0.39, 0.29) is 0 Å². The molecule has 0 aliphatic heterocycles. The molecule has 0 unspecified atom stereocenters. The first-order valence-corrected chi connectivity index (χ1v) is 5.31. The summed E-state index contributed by atoms with van der Waals surface area (Å²) in [6.45, 7) is 6.51. The quantitative estimate of drug-likeness (QED) is 0.702.